The summed E-state index contributed by atoms with van der Waals surface area (Å²) in [5.41, 5.74) is 1.58. The van der Waals surface area contributed by atoms with Crippen molar-refractivity contribution >= 4 is 62.1 Å². The van der Waals surface area contributed by atoms with Crippen LogP contribution >= 0.6 is 39.3 Å². The zero-order valence-corrected chi connectivity index (χ0v) is 21.0. The van der Waals surface area contributed by atoms with E-state index in [-0.39, 0.29) is 5.91 Å². The Kier molecular flexibility index (Phi) is 8.08. The average molecular weight is 524 g/mol. The number of hydrogen-bond donors (Lipinski definition) is 0. The number of aliphatic imine (C=N–C) groups is 1. The van der Waals surface area contributed by atoms with Gasteiger partial charge in [0.15, 0.2) is 16.7 Å². The van der Waals surface area contributed by atoms with Crippen LogP contribution in [0.5, 0.6) is 11.5 Å². The van der Waals surface area contributed by atoms with Gasteiger partial charge in [-0.2, -0.15) is 0 Å². The van der Waals surface area contributed by atoms with Crippen LogP contribution in [-0.2, 0) is 4.79 Å². The maximum Gasteiger partial charge on any atom is 0.266 e. The lowest BCUT2D eigenvalue weighted by Gasteiger charge is -2.17. The van der Waals surface area contributed by atoms with Crippen LogP contribution in [0, 0.1) is 5.92 Å². The number of amidine groups is 1. The molecule has 1 aliphatic rings. The highest BCUT2D eigenvalue weighted by atomic mass is 79.9. The van der Waals surface area contributed by atoms with Gasteiger partial charge in [-0.25, -0.2) is 4.99 Å². The predicted molar refractivity (Wildman–Crippen MR) is 133 cm³/mol. The van der Waals surface area contributed by atoms with Gasteiger partial charge in [-0.15, -0.1) is 0 Å². The van der Waals surface area contributed by atoms with Crippen LogP contribution in [-0.4, -0.2) is 36.2 Å². The van der Waals surface area contributed by atoms with Crippen LogP contribution in [0.2, 0.25) is 5.02 Å². The summed E-state index contributed by atoms with van der Waals surface area (Å²) in [4.78, 5) is 20.2. The maximum absolute atomic E-state index is 13.2. The van der Waals surface area contributed by atoms with Crippen molar-refractivity contribution in [2.75, 3.05) is 20.3 Å². The van der Waals surface area contributed by atoms with Crippen molar-refractivity contribution in [3.05, 3.63) is 56.4 Å². The maximum atomic E-state index is 13.2. The van der Waals surface area contributed by atoms with Gasteiger partial charge in [0.2, 0.25) is 0 Å². The number of nitrogens with zero attached hydrogens (tertiary/aromatic N) is 2. The Morgan fingerprint density at radius 3 is 2.55 bits per heavy atom. The van der Waals surface area contributed by atoms with Crippen molar-refractivity contribution in [1.29, 1.82) is 0 Å². The van der Waals surface area contributed by atoms with E-state index in [4.69, 9.17) is 26.1 Å². The lowest BCUT2D eigenvalue weighted by molar-refractivity contribution is -0.122. The summed E-state index contributed by atoms with van der Waals surface area (Å²) in [5.74, 6) is 1.50. The van der Waals surface area contributed by atoms with Gasteiger partial charge in [0.25, 0.3) is 5.91 Å². The molecule has 8 heteroatoms. The van der Waals surface area contributed by atoms with Crippen LogP contribution in [0.3, 0.4) is 0 Å². The van der Waals surface area contributed by atoms with E-state index in [2.05, 4.69) is 29.8 Å². The second kappa shape index (κ2) is 10.6. The van der Waals surface area contributed by atoms with Crippen molar-refractivity contribution in [2.24, 2.45) is 10.9 Å². The fourth-order valence-electron chi connectivity index (χ4n) is 2.97. The van der Waals surface area contributed by atoms with Crippen molar-refractivity contribution < 1.29 is 14.3 Å². The van der Waals surface area contributed by atoms with E-state index in [0.29, 0.717) is 45.7 Å². The summed E-state index contributed by atoms with van der Waals surface area (Å²) in [6, 6.07) is 11.0. The number of methoxy groups -OCH3 is 1. The van der Waals surface area contributed by atoms with Gasteiger partial charge >= 0.3 is 0 Å². The monoisotopic (exact) mass is 522 g/mol. The SMILES string of the molecule is CCOc1cc(Br)c(/C=C2\SC(=Nc3ccc(Cl)cc3)N(CC(C)C)C2=O)cc1OC. The third-order valence-corrected chi connectivity index (χ3v) is 6.30. The number of carbonyl (C=O) groups excluding carboxylic acids is 1. The molecular formula is C23H24BrClN2O3S. The number of carbonyl (C=O) groups is 1. The van der Waals surface area contributed by atoms with E-state index >= 15 is 0 Å². The second-order valence-electron chi connectivity index (χ2n) is 7.25. The van der Waals surface area contributed by atoms with E-state index in [9.17, 15) is 4.79 Å². The molecule has 1 fully saturated rings. The Balaban J connectivity index is 1.99. The highest BCUT2D eigenvalue weighted by Crippen LogP contribution is 2.39. The summed E-state index contributed by atoms with van der Waals surface area (Å²) >= 11 is 10.9. The molecule has 164 valence electrons. The lowest BCUT2D eigenvalue weighted by Crippen LogP contribution is -2.32. The highest BCUT2D eigenvalue weighted by Gasteiger charge is 2.34. The van der Waals surface area contributed by atoms with Gasteiger partial charge in [0.05, 0.1) is 24.3 Å². The molecule has 0 N–H and O–H groups in total. The summed E-state index contributed by atoms with van der Waals surface area (Å²) in [7, 11) is 1.60. The molecule has 31 heavy (non-hydrogen) atoms. The van der Waals surface area contributed by atoms with Crippen molar-refractivity contribution in [3.8, 4) is 11.5 Å². The van der Waals surface area contributed by atoms with Crippen molar-refractivity contribution in [3.63, 3.8) is 0 Å². The number of ether oxygens (including phenoxy) is 2. The van der Waals surface area contributed by atoms with E-state index in [1.54, 1.807) is 24.1 Å². The largest absolute Gasteiger partial charge is 0.493 e. The minimum absolute atomic E-state index is 0.0637. The lowest BCUT2D eigenvalue weighted by atomic mass is 10.1. The van der Waals surface area contributed by atoms with Crippen LogP contribution in [0.15, 0.2) is 50.8 Å². The Labute approximate surface area is 200 Å². The molecule has 1 heterocycles. The van der Waals surface area contributed by atoms with Crippen molar-refractivity contribution in [2.45, 2.75) is 20.8 Å². The first-order valence-electron chi connectivity index (χ1n) is 9.88. The summed E-state index contributed by atoms with van der Waals surface area (Å²) in [6.07, 6.45) is 1.85. The molecule has 0 bridgehead atoms. The molecule has 0 unspecified atom stereocenters. The van der Waals surface area contributed by atoms with E-state index in [0.717, 1.165) is 15.7 Å². The topological polar surface area (TPSA) is 51.1 Å². The van der Waals surface area contributed by atoms with Crippen molar-refractivity contribution in [1.82, 2.24) is 4.90 Å². The smallest absolute Gasteiger partial charge is 0.266 e. The molecule has 1 aliphatic heterocycles. The van der Waals surface area contributed by atoms with Gasteiger partial charge in [0.1, 0.15) is 0 Å². The van der Waals surface area contributed by atoms with Gasteiger partial charge < -0.3 is 9.47 Å². The quantitative estimate of drug-likeness (QED) is 0.376. The number of amides is 1. The number of rotatable bonds is 7. The van der Waals surface area contributed by atoms with E-state index in [1.165, 1.54) is 11.8 Å². The first-order valence-corrected chi connectivity index (χ1v) is 11.9. The Morgan fingerprint density at radius 2 is 1.94 bits per heavy atom. The fourth-order valence-corrected chi connectivity index (χ4v) is 4.54. The Hall–Kier alpha value is -1.96. The minimum Gasteiger partial charge on any atom is -0.493 e. The molecular weight excluding hydrogens is 500 g/mol. The first kappa shape index (κ1) is 23.7. The van der Waals surface area contributed by atoms with Crippen LogP contribution < -0.4 is 9.47 Å². The molecule has 1 amide bonds. The molecule has 0 radical (unpaired) electrons. The second-order valence-corrected chi connectivity index (χ2v) is 9.55. The van der Waals surface area contributed by atoms with Gasteiger partial charge in [-0.1, -0.05) is 41.4 Å². The molecule has 0 saturated carbocycles. The minimum atomic E-state index is -0.0637. The first-order chi connectivity index (χ1) is 14.8. The van der Waals surface area contributed by atoms with Gasteiger partial charge in [0, 0.05) is 16.0 Å². The van der Waals surface area contributed by atoms with Crippen LogP contribution in [0.4, 0.5) is 5.69 Å². The Bertz CT molecular complexity index is 1020. The molecule has 2 aromatic rings. The average Bonchev–Trinajstić information content (AvgIpc) is 3.00. The van der Waals surface area contributed by atoms with Crippen LogP contribution in [0.1, 0.15) is 26.3 Å². The molecule has 0 aromatic heterocycles. The molecule has 3 rings (SSSR count). The summed E-state index contributed by atoms with van der Waals surface area (Å²) < 4.78 is 11.9. The van der Waals surface area contributed by atoms with E-state index in [1.807, 2.05) is 37.3 Å². The number of benzene rings is 2. The third-order valence-electron chi connectivity index (χ3n) is 4.36. The molecule has 1 saturated heterocycles. The number of halogens is 2. The molecule has 0 atom stereocenters. The fraction of sp³-hybridized carbons (Fsp3) is 0.304. The molecule has 2 aromatic carbocycles. The standard InChI is InChI=1S/C23H24BrClN2O3S/c1-5-30-20-12-18(24)15(10-19(20)29-4)11-21-22(28)27(13-14(2)3)23(31-21)26-17-8-6-16(25)7-9-17/h6-12,14H,5,13H2,1-4H3/b21-11-,26-23?. The number of hydrogen-bond acceptors (Lipinski definition) is 5. The third kappa shape index (κ3) is 5.84. The van der Waals surface area contributed by atoms with Crippen LogP contribution in [0.25, 0.3) is 6.08 Å². The zero-order chi connectivity index (χ0) is 22.5. The summed E-state index contributed by atoms with van der Waals surface area (Å²) in [5, 5.41) is 1.30. The normalized spacial score (nSPS) is 16.6. The highest BCUT2D eigenvalue weighted by molar-refractivity contribution is 9.10. The number of thioether (sulfide) groups is 1. The van der Waals surface area contributed by atoms with E-state index < -0.39 is 0 Å². The predicted octanol–water partition coefficient (Wildman–Crippen LogP) is 6.77. The summed E-state index contributed by atoms with van der Waals surface area (Å²) in [6.45, 7) is 7.19. The zero-order valence-electron chi connectivity index (χ0n) is 17.8. The van der Waals surface area contributed by atoms with Gasteiger partial charge in [-0.05, 0) is 72.6 Å². The molecule has 5 nitrogen and oxygen atoms in total. The molecule has 0 spiro atoms. The Morgan fingerprint density at radius 1 is 1.23 bits per heavy atom. The molecule has 0 aliphatic carbocycles. The van der Waals surface area contributed by atoms with Gasteiger partial charge in [-0.3, -0.25) is 9.69 Å².